The van der Waals surface area contributed by atoms with E-state index in [1.807, 2.05) is 38.1 Å². The molecule has 0 bridgehead atoms. The first-order valence-corrected chi connectivity index (χ1v) is 8.12. The Balaban J connectivity index is 1.74. The smallest absolute Gasteiger partial charge is 0.135 e. The number of hydrogen-bond donors (Lipinski definition) is 2. The first-order valence-electron chi connectivity index (χ1n) is 8.12. The van der Waals surface area contributed by atoms with Gasteiger partial charge in [-0.2, -0.15) is 0 Å². The lowest BCUT2D eigenvalue weighted by Crippen LogP contribution is -2.29. The molecule has 4 rings (SSSR count). The fraction of sp³-hybridized carbons (Fsp3) is 0.300. The molecule has 4 nitrogen and oxygen atoms in total. The van der Waals surface area contributed by atoms with Crippen LogP contribution in [-0.2, 0) is 6.42 Å². The third-order valence-electron chi connectivity index (χ3n) is 4.62. The van der Waals surface area contributed by atoms with Crippen LogP contribution in [0.2, 0.25) is 0 Å². The fourth-order valence-corrected chi connectivity index (χ4v) is 3.34. The van der Waals surface area contributed by atoms with Crippen LogP contribution >= 0.6 is 0 Å². The molecule has 0 unspecified atom stereocenters. The van der Waals surface area contributed by atoms with Crippen molar-refractivity contribution in [2.75, 3.05) is 6.61 Å². The van der Waals surface area contributed by atoms with Gasteiger partial charge >= 0.3 is 0 Å². The summed E-state index contributed by atoms with van der Waals surface area (Å²) >= 11 is 0. The van der Waals surface area contributed by atoms with Crippen molar-refractivity contribution in [3.8, 4) is 23.0 Å². The van der Waals surface area contributed by atoms with Crippen molar-refractivity contribution in [3.05, 3.63) is 53.1 Å². The second-order valence-corrected chi connectivity index (χ2v) is 6.96. The number of aromatic hydroxyl groups is 2. The highest BCUT2D eigenvalue weighted by molar-refractivity contribution is 5.69. The summed E-state index contributed by atoms with van der Waals surface area (Å²) in [6.45, 7) is 4.51. The molecule has 2 aliphatic heterocycles. The quantitative estimate of drug-likeness (QED) is 0.832. The highest BCUT2D eigenvalue weighted by Crippen LogP contribution is 2.44. The van der Waals surface area contributed by atoms with Crippen LogP contribution in [0.3, 0.4) is 0 Å². The van der Waals surface area contributed by atoms with Crippen LogP contribution in [0.15, 0.2) is 36.4 Å². The van der Waals surface area contributed by atoms with Gasteiger partial charge in [0.15, 0.2) is 0 Å². The highest BCUT2D eigenvalue weighted by Gasteiger charge is 2.30. The third kappa shape index (κ3) is 2.48. The van der Waals surface area contributed by atoms with E-state index in [9.17, 15) is 10.2 Å². The Bertz CT molecular complexity index is 836. The van der Waals surface area contributed by atoms with Crippen molar-refractivity contribution in [1.82, 2.24) is 0 Å². The summed E-state index contributed by atoms with van der Waals surface area (Å²) in [7, 11) is 0. The molecule has 2 aromatic carbocycles. The largest absolute Gasteiger partial charge is 0.508 e. The van der Waals surface area contributed by atoms with E-state index >= 15 is 0 Å². The average Bonchev–Trinajstić information content (AvgIpc) is 2.54. The van der Waals surface area contributed by atoms with Crippen molar-refractivity contribution >= 4 is 6.08 Å². The molecule has 0 saturated heterocycles. The van der Waals surface area contributed by atoms with Gasteiger partial charge in [0.1, 0.15) is 28.6 Å². The summed E-state index contributed by atoms with van der Waals surface area (Å²) < 4.78 is 12.0. The van der Waals surface area contributed by atoms with Crippen LogP contribution < -0.4 is 9.47 Å². The van der Waals surface area contributed by atoms with E-state index in [-0.39, 0.29) is 17.4 Å². The Labute approximate surface area is 141 Å². The normalized spacial score (nSPS) is 20.5. The van der Waals surface area contributed by atoms with Crippen molar-refractivity contribution < 1.29 is 19.7 Å². The number of phenolic OH excluding ortho intramolecular Hbond substituents is 2. The van der Waals surface area contributed by atoms with Gasteiger partial charge in [-0.15, -0.1) is 0 Å². The number of hydrogen-bond acceptors (Lipinski definition) is 4. The summed E-state index contributed by atoms with van der Waals surface area (Å²) in [4.78, 5) is 0. The van der Waals surface area contributed by atoms with Crippen LogP contribution in [0.25, 0.3) is 6.08 Å². The van der Waals surface area contributed by atoms with Crippen molar-refractivity contribution in [1.29, 1.82) is 0 Å². The minimum atomic E-state index is -0.408. The first-order chi connectivity index (χ1) is 11.4. The maximum absolute atomic E-state index is 10.1. The predicted octanol–water partition coefficient (Wildman–Crippen LogP) is 4.00. The molecule has 0 spiro atoms. The lowest BCUT2D eigenvalue weighted by molar-refractivity contribution is 0.153. The molecule has 2 N–H and O–H groups in total. The second-order valence-electron chi connectivity index (χ2n) is 6.96. The first kappa shape index (κ1) is 14.9. The van der Waals surface area contributed by atoms with Gasteiger partial charge in [-0.1, -0.05) is 12.1 Å². The molecule has 4 heteroatoms. The zero-order valence-electron chi connectivity index (χ0n) is 13.7. The monoisotopic (exact) mass is 324 g/mol. The number of ether oxygens (including phenoxy) is 2. The highest BCUT2D eigenvalue weighted by atomic mass is 16.5. The maximum atomic E-state index is 10.1. The van der Waals surface area contributed by atoms with Crippen LogP contribution in [-0.4, -0.2) is 22.4 Å². The molecule has 0 fully saturated rings. The van der Waals surface area contributed by atoms with E-state index in [4.69, 9.17) is 9.47 Å². The number of rotatable bonds is 1. The molecule has 24 heavy (non-hydrogen) atoms. The van der Waals surface area contributed by atoms with Crippen molar-refractivity contribution in [3.63, 3.8) is 0 Å². The van der Waals surface area contributed by atoms with Crippen LogP contribution in [0.1, 0.15) is 36.5 Å². The van der Waals surface area contributed by atoms with E-state index in [1.54, 1.807) is 18.2 Å². The summed E-state index contributed by atoms with van der Waals surface area (Å²) in [5, 5.41) is 19.7. The Hall–Kier alpha value is -2.62. The van der Waals surface area contributed by atoms with E-state index in [0.29, 0.717) is 6.61 Å². The molecule has 2 aliphatic rings. The fourth-order valence-electron chi connectivity index (χ4n) is 3.34. The van der Waals surface area contributed by atoms with Gasteiger partial charge in [0.2, 0.25) is 0 Å². The standard InChI is InChI=1S/C20H20O4/c1-20(2)8-7-16-17(22)6-5-15(19(16)24-20)13-9-12-3-4-14(21)10-18(12)23-11-13/h3-8,10,13,21-22H,9,11H2,1-2H3/t13-/m0/s1. The molecule has 0 saturated carbocycles. The van der Waals surface area contributed by atoms with E-state index in [2.05, 4.69) is 0 Å². The number of benzene rings is 2. The molecular weight excluding hydrogens is 304 g/mol. The van der Waals surface area contributed by atoms with Gasteiger partial charge in [0.05, 0.1) is 12.2 Å². The van der Waals surface area contributed by atoms with E-state index in [1.165, 1.54) is 0 Å². The molecule has 0 aliphatic carbocycles. The molecule has 2 aromatic rings. The molecule has 124 valence electrons. The minimum Gasteiger partial charge on any atom is -0.508 e. The van der Waals surface area contributed by atoms with Gasteiger partial charge in [0, 0.05) is 17.5 Å². The van der Waals surface area contributed by atoms with Crippen LogP contribution in [0.5, 0.6) is 23.0 Å². The van der Waals surface area contributed by atoms with Gasteiger partial charge in [0.25, 0.3) is 0 Å². The lowest BCUT2D eigenvalue weighted by Gasteiger charge is -2.33. The SMILES string of the molecule is CC1(C)C=Cc2c(O)ccc([C@@H]3COc4cc(O)ccc4C3)c2O1. The number of phenols is 2. The van der Waals surface area contributed by atoms with E-state index < -0.39 is 5.60 Å². The second kappa shape index (κ2) is 5.20. The molecule has 0 amide bonds. The van der Waals surface area contributed by atoms with E-state index in [0.717, 1.165) is 34.6 Å². The Morgan fingerprint density at radius 1 is 1.12 bits per heavy atom. The molecule has 2 heterocycles. The molecule has 0 aromatic heterocycles. The Kier molecular flexibility index (Phi) is 3.23. The Morgan fingerprint density at radius 2 is 1.96 bits per heavy atom. The summed E-state index contributed by atoms with van der Waals surface area (Å²) in [6.07, 6.45) is 4.68. The Morgan fingerprint density at radius 3 is 2.79 bits per heavy atom. The van der Waals surface area contributed by atoms with Crippen molar-refractivity contribution in [2.24, 2.45) is 0 Å². The molecule has 0 radical (unpaired) electrons. The zero-order valence-corrected chi connectivity index (χ0v) is 13.7. The number of fused-ring (bicyclic) bond motifs is 2. The summed E-state index contributed by atoms with van der Waals surface area (Å²) in [5.41, 5.74) is 2.42. The average molecular weight is 324 g/mol. The summed E-state index contributed by atoms with van der Waals surface area (Å²) in [6, 6.07) is 8.86. The zero-order chi connectivity index (χ0) is 16.9. The predicted molar refractivity (Wildman–Crippen MR) is 91.9 cm³/mol. The molecule has 1 atom stereocenters. The summed E-state index contributed by atoms with van der Waals surface area (Å²) in [5.74, 6) is 2.05. The topological polar surface area (TPSA) is 58.9 Å². The van der Waals surface area contributed by atoms with Gasteiger partial charge in [-0.05, 0) is 50.1 Å². The lowest BCUT2D eigenvalue weighted by atomic mass is 9.87. The van der Waals surface area contributed by atoms with Gasteiger partial charge in [-0.3, -0.25) is 0 Å². The maximum Gasteiger partial charge on any atom is 0.135 e. The van der Waals surface area contributed by atoms with Crippen LogP contribution in [0, 0.1) is 0 Å². The van der Waals surface area contributed by atoms with Crippen LogP contribution in [0.4, 0.5) is 0 Å². The molecular formula is C20H20O4. The minimum absolute atomic E-state index is 0.138. The van der Waals surface area contributed by atoms with Gasteiger partial charge in [-0.25, -0.2) is 0 Å². The third-order valence-corrected chi connectivity index (χ3v) is 4.62. The van der Waals surface area contributed by atoms with Crippen molar-refractivity contribution in [2.45, 2.75) is 31.8 Å². The van der Waals surface area contributed by atoms with Gasteiger partial charge < -0.3 is 19.7 Å².